The molecule has 0 saturated carbocycles. The molecule has 0 atom stereocenters. The first-order chi connectivity index (χ1) is 11.8. The molecule has 0 amide bonds. The van der Waals surface area contributed by atoms with Crippen LogP contribution in [-0.2, 0) is 13.2 Å². The van der Waals surface area contributed by atoms with Crippen LogP contribution in [0.4, 0.5) is 13.2 Å². The van der Waals surface area contributed by atoms with E-state index in [0.717, 1.165) is 0 Å². The Morgan fingerprint density at radius 2 is 2.00 bits per heavy atom. The summed E-state index contributed by atoms with van der Waals surface area (Å²) in [5.74, 6) is -1.60. The minimum atomic E-state index is -4.70. The van der Waals surface area contributed by atoms with E-state index in [4.69, 9.17) is 0 Å². The Bertz CT molecular complexity index is 889. The lowest BCUT2D eigenvalue weighted by Crippen LogP contribution is -2.05. The molecule has 0 spiro atoms. The molecule has 11 heteroatoms. The smallest absolute Gasteiger partial charge is 0.329 e. The quantitative estimate of drug-likeness (QED) is 0.505. The van der Waals surface area contributed by atoms with Gasteiger partial charge in [0.1, 0.15) is 6.33 Å². The molecule has 0 bridgehead atoms. The summed E-state index contributed by atoms with van der Waals surface area (Å²) in [6.07, 6.45) is -3.17. The number of alkyl halides is 3. The van der Waals surface area contributed by atoms with Crippen molar-refractivity contribution in [1.29, 1.82) is 0 Å². The van der Waals surface area contributed by atoms with Crippen LogP contribution in [-0.4, -0.2) is 36.4 Å². The van der Waals surface area contributed by atoms with Gasteiger partial charge in [0.05, 0.1) is 5.75 Å². The Labute approximate surface area is 143 Å². The summed E-state index contributed by atoms with van der Waals surface area (Å²) >= 11 is 1.24. The van der Waals surface area contributed by atoms with Gasteiger partial charge in [0.25, 0.3) is 0 Å². The van der Waals surface area contributed by atoms with Gasteiger partial charge in [0, 0.05) is 18.2 Å². The van der Waals surface area contributed by atoms with Crippen molar-refractivity contribution in [3.05, 3.63) is 42.0 Å². The molecule has 3 rings (SSSR count). The number of hydrogen-bond donors (Lipinski definition) is 0. The molecule has 0 radical (unpaired) electrons. The SMILES string of the molecule is Cn1cnnc1SCC(=O)c1ccc(-c2noc(C(F)(F)F)n2)cc1. The molecule has 2 aromatic heterocycles. The van der Waals surface area contributed by atoms with Crippen molar-refractivity contribution in [3.8, 4) is 11.4 Å². The first-order valence-electron chi connectivity index (χ1n) is 6.86. The molecule has 0 unspecified atom stereocenters. The van der Waals surface area contributed by atoms with Crippen LogP contribution in [0.2, 0.25) is 0 Å². The topological polar surface area (TPSA) is 86.7 Å². The van der Waals surface area contributed by atoms with E-state index in [1.165, 1.54) is 42.4 Å². The molecule has 1 aromatic carbocycles. The standard InChI is InChI=1S/C14H10F3N5O2S/c1-22-7-18-20-13(22)25-6-10(23)8-2-4-9(5-3-8)11-19-12(24-21-11)14(15,16)17/h2-5,7H,6H2,1H3. The highest BCUT2D eigenvalue weighted by molar-refractivity contribution is 7.99. The number of benzene rings is 1. The van der Waals surface area contributed by atoms with E-state index < -0.39 is 12.1 Å². The van der Waals surface area contributed by atoms with E-state index in [-0.39, 0.29) is 17.4 Å². The highest BCUT2D eigenvalue weighted by Gasteiger charge is 2.38. The molecular weight excluding hydrogens is 359 g/mol. The lowest BCUT2D eigenvalue weighted by molar-refractivity contribution is -0.159. The third-order valence-corrected chi connectivity index (χ3v) is 4.17. The molecule has 0 aliphatic carbocycles. The average molecular weight is 369 g/mol. The Hall–Kier alpha value is -2.69. The largest absolute Gasteiger partial charge is 0.471 e. The van der Waals surface area contributed by atoms with Gasteiger partial charge in [-0.1, -0.05) is 41.2 Å². The van der Waals surface area contributed by atoms with E-state index in [1.54, 1.807) is 11.6 Å². The first-order valence-corrected chi connectivity index (χ1v) is 7.84. The molecular formula is C14H10F3N5O2S. The summed E-state index contributed by atoms with van der Waals surface area (Å²) in [5, 5.41) is 11.5. The third-order valence-electron chi connectivity index (χ3n) is 3.14. The van der Waals surface area contributed by atoms with Crippen LogP contribution in [0.3, 0.4) is 0 Å². The lowest BCUT2D eigenvalue weighted by Gasteiger charge is -2.02. The molecule has 7 nitrogen and oxygen atoms in total. The summed E-state index contributed by atoms with van der Waals surface area (Å²) in [4.78, 5) is 15.5. The summed E-state index contributed by atoms with van der Waals surface area (Å²) in [6.45, 7) is 0. The van der Waals surface area contributed by atoms with E-state index in [9.17, 15) is 18.0 Å². The van der Waals surface area contributed by atoms with Crippen molar-refractivity contribution in [1.82, 2.24) is 24.9 Å². The predicted molar refractivity (Wildman–Crippen MR) is 80.8 cm³/mol. The van der Waals surface area contributed by atoms with Crippen molar-refractivity contribution in [2.75, 3.05) is 5.75 Å². The lowest BCUT2D eigenvalue weighted by atomic mass is 10.1. The number of rotatable bonds is 5. The van der Waals surface area contributed by atoms with Gasteiger partial charge in [0.15, 0.2) is 10.9 Å². The van der Waals surface area contributed by atoms with Gasteiger partial charge in [-0.2, -0.15) is 18.2 Å². The fourth-order valence-electron chi connectivity index (χ4n) is 1.88. The van der Waals surface area contributed by atoms with Crippen LogP contribution in [0.5, 0.6) is 0 Å². The summed E-state index contributed by atoms with van der Waals surface area (Å²) in [6, 6.07) is 5.92. The number of hydrogen-bond acceptors (Lipinski definition) is 7. The fourth-order valence-corrected chi connectivity index (χ4v) is 2.66. The molecule has 25 heavy (non-hydrogen) atoms. The number of carbonyl (C=O) groups excluding carboxylic acids is 1. The van der Waals surface area contributed by atoms with Crippen LogP contribution < -0.4 is 0 Å². The Balaban J connectivity index is 1.68. The Kier molecular flexibility index (Phi) is 4.57. The first kappa shape index (κ1) is 17.1. The number of nitrogens with zero attached hydrogens (tertiary/aromatic N) is 5. The van der Waals surface area contributed by atoms with Gasteiger partial charge in [-0.15, -0.1) is 10.2 Å². The molecule has 0 aliphatic rings. The summed E-state index contributed by atoms with van der Waals surface area (Å²) in [5.41, 5.74) is 0.731. The number of halogens is 3. The second-order valence-corrected chi connectivity index (χ2v) is 5.88. The number of aryl methyl sites for hydroxylation is 1. The summed E-state index contributed by atoms with van der Waals surface area (Å²) < 4.78 is 43.3. The van der Waals surface area contributed by atoms with Gasteiger partial charge in [0.2, 0.25) is 5.82 Å². The maximum absolute atomic E-state index is 12.5. The van der Waals surface area contributed by atoms with Crippen LogP contribution >= 0.6 is 11.8 Å². The van der Waals surface area contributed by atoms with Crippen molar-refractivity contribution in [3.63, 3.8) is 0 Å². The van der Waals surface area contributed by atoms with E-state index >= 15 is 0 Å². The molecule has 0 N–H and O–H groups in total. The van der Waals surface area contributed by atoms with Crippen LogP contribution in [0.25, 0.3) is 11.4 Å². The van der Waals surface area contributed by atoms with Crippen molar-refractivity contribution < 1.29 is 22.5 Å². The normalized spacial score (nSPS) is 11.7. The highest BCUT2D eigenvalue weighted by atomic mass is 32.2. The fraction of sp³-hybridized carbons (Fsp3) is 0.214. The maximum Gasteiger partial charge on any atom is 0.471 e. The number of carbonyl (C=O) groups is 1. The van der Waals surface area contributed by atoms with Gasteiger partial charge < -0.3 is 9.09 Å². The summed E-state index contributed by atoms with van der Waals surface area (Å²) in [7, 11) is 1.77. The minimum Gasteiger partial charge on any atom is -0.329 e. The van der Waals surface area contributed by atoms with Gasteiger partial charge in [-0.25, -0.2) is 0 Å². The van der Waals surface area contributed by atoms with Crippen LogP contribution in [0, 0.1) is 0 Å². The number of thioether (sulfide) groups is 1. The molecule has 0 aliphatic heterocycles. The zero-order valence-corrected chi connectivity index (χ0v) is 13.5. The second kappa shape index (κ2) is 6.67. The molecule has 2 heterocycles. The van der Waals surface area contributed by atoms with E-state index in [2.05, 4.69) is 24.9 Å². The van der Waals surface area contributed by atoms with Crippen LogP contribution in [0.15, 0.2) is 40.3 Å². The van der Waals surface area contributed by atoms with Crippen molar-refractivity contribution >= 4 is 17.5 Å². The molecule has 130 valence electrons. The molecule has 0 fully saturated rings. The van der Waals surface area contributed by atoms with Crippen molar-refractivity contribution in [2.24, 2.45) is 7.05 Å². The minimum absolute atomic E-state index is 0.149. The van der Waals surface area contributed by atoms with Gasteiger partial charge in [-0.3, -0.25) is 4.79 Å². The van der Waals surface area contributed by atoms with Crippen molar-refractivity contribution in [2.45, 2.75) is 11.3 Å². The highest BCUT2D eigenvalue weighted by Crippen LogP contribution is 2.29. The number of Topliss-reactive ketones (excluding diaryl/α,β-unsaturated/α-hetero) is 1. The zero-order chi connectivity index (χ0) is 18.0. The van der Waals surface area contributed by atoms with Gasteiger partial charge >= 0.3 is 12.1 Å². The number of aromatic nitrogens is 5. The number of ketones is 1. The zero-order valence-electron chi connectivity index (χ0n) is 12.7. The monoisotopic (exact) mass is 369 g/mol. The maximum atomic E-state index is 12.5. The average Bonchev–Trinajstić information content (AvgIpc) is 3.21. The predicted octanol–water partition coefficient (Wildman–Crippen LogP) is 2.86. The van der Waals surface area contributed by atoms with E-state index in [0.29, 0.717) is 16.3 Å². The molecule has 0 saturated heterocycles. The second-order valence-electron chi connectivity index (χ2n) is 4.93. The molecule has 3 aromatic rings. The van der Waals surface area contributed by atoms with E-state index in [1.807, 2.05) is 0 Å². The Morgan fingerprint density at radius 1 is 1.28 bits per heavy atom. The van der Waals surface area contributed by atoms with Gasteiger partial charge in [-0.05, 0) is 0 Å². The Morgan fingerprint density at radius 3 is 2.56 bits per heavy atom. The third kappa shape index (κ3) is 3.87. The van der Waals surface area contributed by atoms with Crippen LogP contribution in [0.1, 0.15) is 16.2 Å².